The summed E-state index contributed by atoms with van der Waals surface area (Å²) in [7, 11) is 1.62. The van der Waals surface area contributed by atoms with E-state index in [0.717, 1.165) is 63.8 Å². The SMILES string of the molecule is COc1ccc(NC(=O)N(Cc2cccc3ccccc23)C[C@]2(O)CC[C@H]3[C@]45C=C[C@@]6(C=C4C(=O)c4ccc(C)s4)CC(O)CC[C@]6(C)[C@H]5CC[C@@]32C)cc1. The predicted molar refractivity (Wildman–Crippen MR) is 218 cm³/mol. The molecule has 2 spiro atoms. The lowest BCUT2D eigenvalue weighted by molar-refractivity contribution is -0.174. The number of Topliss-reactive ketones (excluding diaryl/α,β-unsaturated/α-hetero) is 1. The third kappa shape index (κ3) is 5.34. The molecular formula is C47H52N2O5S. The number of carbonyl (C=O) groups is 2. The van der Waals surface area contributed by atoms with Crippen molar-refractivity contribution < 1.29 is 24.5 Å². The van der Waals surface area contributed by atoms with Gasteiger partial charge in [-0.05, 0) is 122 Å². The molecule has 3 fully saturated rings. The summed E-state index contributed by atoms with van der Waals surface area (Å²) >= 11 is 1.55. The molecule has 3 aromatic carbocycles. The summed E-state index contributed by atoms with van der Waals surface area (Å²) in [5.41, 5.74) is -0.328. The summed E-state index contributed by atoms with van der Waals surface area (Å²) in [5.74, 6) is 0.983. The second kappa shape index (κ2) is 12.9. The molecule has 4 aromatic rings. The van der Waals surface area contributed by atoms with Crippen LogP contribution >= 0.6 is 11.3 Å². The van der Waals surface area contributed by atoms with E-state index in [1.54, 1.807) is 23.3 Å². The number of ketones is 1. The molecule has 0 radical (unpaired) electrons. The summed E-state index contributed by atoms with van der Waals surface area (Å²) in [6, 6.07) is 25.4. The van der Waals surface area contributed by atoms with Crippen molar-refractivity contribution in [1.29, 1.82) is 0 Å². The van der Waals surface area contributed by atoms with Gasteiger partial charge in [0.1, 0.15) is 5.75 Å². The van der Waals surface area contributed by atoms with E-state index in [-0.39, 0.29) is 41.0 Å². The summed E-state index contributed by atoms with van der Waals surface area (Å²) < 4.78 is 5.35. The number of hydrogen-bond donors (Lipinski definition) is 3. The highest BCUT2D eigenvalue weighted by Gasteiger charge is 2.74. The number of thiophene rings is 1. The van der Waals surface area contributed by atoms with Crippen LogP contribution in [0.5, 0.6) is 5.75 Å². The molecule has 7 nitrogen and oxygen atoms in total. The third-order valence-electron chi connectivity index (χ3n) is 15.2. The van der Waals surface area contributed by atoms with Gasteiger partial charge >= 0.3 is 6.03 Å². The predicted octanol–water partition coefficient (Wildman–Crippen LogP) is 9.73. The highest BCUT2D eigenvalue weighted by molar-refractivity contribution is 7.14. The van der Waals surface area contributed by atoms with E-state index in [2.05, 4.69) is 61.7 Å². The van der Waals surface area contributed by atoms with Gasteiger partial charge in [-0.2, -0.15) is 0 Å². The molecule has 2 amide bonds. The number of ether oxygens (including phenoxy) is 1. The zero-order valence-electron chi connectivity index (χ0n) is 32.3. The van der Waals surface area contributed by atoms with Crippen LogP contribution in [-0.2, 0) is 6.54 Å². The molecule has 2 bridgehead atoms. The average molecular weight is 757 g/mol. The van der Waals surface area contributed by atoms with E-state index in [0.29, 0.717) is 30.8 Å². The number of nitrogens with zero attached hydrogens (tertiary/aromatic N) is 1. The van der Waals surface area contributed by atoms with E-state index in [1.807, 2.05) is 61.5 Å². The van der Waals surface area contributed by atoms with Gasteiger partial charge in [0.2, 0.25) is 0 Å². The van der Waals surface area contributed by atoms with Crippen LogP contribution in [-0.4, -0.2) is 52.3 Å². The minimum atomic E-state index is -1.21. The Balaban J connectivity index is 1.11. The Bertz CT molecular complexity index is 2240. The first-order chi connectivity index (χ1) is 26.3. The lowest BCUT2D eigenvalue weighted by Gasteiger charge is -2.71. The van der Waals surface area contributed by atoms with Gasteiger partial charge in [-0.3, -0.25) is 4.79 Å². The minimum Gasteiger partial charge on any atom is -0.497 e. The van der Waals surface area contributed by atoms with E-state index in [9.17, 15) is 19.8 Å². The molecule has 3 N–H and O–H groups in total. The molecule has 6 aliphatic carbocycles. The molecule has 3 saturated carbocycles. The van der Waals surface area contributed by atoms with E-state index in [1.165, 1.54) is 0 Å². The van der Waals surface area contributed by atoms with E-state index >= 15 is 0 Å². The van der Waals surface area contributed by atoms with E-state index < -0.39 is 22.5 Å². The Morgan fingerprint density at radius 3 is 2.38 bits per heavy atom. The number of allylic oxidation sites excluding steroid dienone is 4. The first kappa shape index (κ1) is 36.4. The Labute approximate surface area is 328 Å². The van der Waals surface area contributed by atoms with E-state index in [4.69, 9.17) is 4.74 Å². The number of anilines is 1. The van der Waals surface area contributed by atoms with Crippen molar-refractivity contribution in [2.45, 2.75) is 84.0 Å². The normalized spacial score (nSPS) is 34.4. The van der Waals surface area contributed by atoms with Crippen LogP contribution in [0.3, 0.4) is 0 Å². The Hall–Kier alpha value is -4.24. The molecule has 0 aliphatic heterocycles. The molecule has 1 heterocycles. The van der Waals surface area contributed by atoms with Crippen LogP contribution in [0, 0.1) is 40.4 Å². The Kier molecular flexibility index (Phi) is 8.54. The van der Waals surface area contributed by atoms with Crippen molar-refractivity contribution in [3.8, 4) is 5.75 Å². The average Bonchev–Trinajstić information content (AvgIpc) is 3.74. The zero-order chi connectivity index (χ0) is 38.4. The lowest BCUT2D eigenvalue weighted by atomic mass is 9.32. The zero-order valence-corrected chi connectivity index (χ0v) is 33.1. The number of nitrogens with one attached hydrogen (secondary N) is 1. The van der Waals surface area contributed by atoms with Crippen molar-refractivity contribution >= 4 is 39.6 Å². The molecule has 10 rings (SSSR count). The van der Waals surface area contributed by atoms with Crippen LogP contribution in [0.25, 0.3) is 10.8 Å². The van der Waals surface area contributed by atoms with Crippen LogP contribution in [0.15, 0.2) is 103 Å². The summed E-state index contributed by atoms with van der Waals surface area (Å²) in [5, 5.41) is 29.7. The number of hydrogen-bond acceptors (Lipinski definition) is 6. The van der Waals surface area contributed by atoms with Gasteiger partial charge in [0.15, 0.2) is 5.78 Å². The quantitative estimate of drug-likeness (QED) is 0.123. The summed E-state index contributed by atoms with van der Waals surface area (Å²) in [4.78, 5) is 33.0. The van der Waals surface area contributed by atoms with Gasteiger partial charge in [0.25, 0.3) is 0 Å². The molecule has 286 valence electrons. The number of urea groups is 1. The maximum Gasteiger partial charge on any atom is 0.322 e. The fourth-order valence-corrected chi connectivity index (χ4v) is 13.1. The van der Waals surface area contributed by atoms with Crippen LogP contribution in [0.2, 0.25) is 0 Å². The van der Waals surface area contributed by atoms with Gasteiger partial charge < -0.3 is 25.2 Å². The summed E-state index contributed by atoms with van der Waals surface area (Å²) in [6.45, 7) is 7.17. The van der Waals surface area contributed by atoms with Gasteiger partial charge in [-0.1, -0.05) is 74.5 Å². The van der Waals surface area contributed by atoms with Gasteiger partial charge in [0, 0.05) is 38.9 Å². The lowest BCUT2D eigenvalue weighted by Crippen LogP contribution is -2.67. The first-order valence-corrected chi connectivity index (χ1v) is 20.8. The van der Waals surface area contributed by atoms with Gasteiger partial charge in [-0.25, -0.2) is 4.79 Å². The second-order valence-corrected chi connectivity index (χ2v) is 19.0. The highest BCUT2D eigenvalue weighted by atomic mass is 32.1. The monoisotopic (exact) mass is 756 g/mol. The van der Waals surface area contributed by atoms with Gasteiger partial charge in [-0.15, -0.1) is 11.3 Å². The van der Waals surface area contributed by atoms with Crippen molar-refractivity contribution in [3.05, 3.63) is 118 Å². The van der Waals surface area contributed by atoms with Crippen molar-refractivity contribution in [2.24, 2.45) is 33.5 Å². The number of benzene rings is 3. The molecule has 6 aliphatic rings. The number of carbonyl (C=O) groups excluding carboxylic acids is 2. The summed E-state index contributed by atoms with van der Waals surface area (Å²) in [6.07, 6.45) is 11.8. The molecule has 1 unspecified atom stereocenters. The van der Waals surface area contributed by atoms with Crippen molar-refractivity contribution in [1.82, 2.24) is 4.90 Å². The molecule has 8 atom stereocenters. The first-order valence-electron chi connectivity index (χ1n) is 20.0. The van der Waals surface area contributed by atoms with Crippen molar-refractivity contribution in [2.75, 3.05) is 19.0 Å². The molecule has 0 saturated heterocycles. The fourth-order valence-electron chi connectivity index (χ4n) is 12.3. The maximum atomic E-state index is 14.9. The van der Waals surface area contributed by atoms with Crippen LogP contribution in [0.4, 0.5) is 10.5 Å². The Morgan fingerprint density at radius 2 is 1.62 bits per heavy atom. The number of fused-ring (bicyclic) bond motifs is 2. The number of methoxy groups -OCH3 is 1. The molecule has 55 heavy (non-hydrogen) atoms. The fraction of sp³-hybridized carbons (Fsp3) is 0.447. The largest absolute Gasteiger partial charge is 0.497 e. The smallest absolute Gasteiger partial charge is 0.322 e. The second-order valence-electron chi connectivity index (χ2n) is 17.7. The minimum absolute atomic E-state index is 0.0118. The molecular weight excluding hydrogens is 705 g/mol. The maximum absolute atomic E-state index is 14.9. The number of amides is 2. The topological polar surface area (TPSA) is 99.1 Å². The number of aliphatic hydroxyl groups excluding tert-OH is 1. The standard InChI is InChI=1S/C47H52N2O5S/c1-30-12-17-38(55-30)41(51)37-27-45-24-25-47(37)39(43(45,2)21-18-34(50)26-45)19-22-44(3)40(47)20-23-46(44,53)29-49(42(52)48-33-13-15-35(54-4)16-14-33)28-32-10-7-9-31-8-5-6-11-36(31)32/h5-17,24-25,27,34,39-40,50,53H,18-23,26,28-29H2,1-4H3,(H,48,52)/t34?,39-,40-,43-,44+,45+,46-,47-/m1/s1. The molecule has 1 aromatic heterocycles. The van der Waals surface area contributed by atoms with Crippen LogP contribution < -0.4 is 10.1 Å². The van der Waals surface area contributed by atoms with Crippen molar-refractivity contribution in [3.63, 3.8) is 0 Å². The highest BCUT2D eigenvalue weighted by Crippen LogP contribution is 2.78. The number of aryl methyl sites for hydroxylation is 1. The van der Waals surface area contributed by atoms with Crippen LogP contribution in [0.1, 0.15) is 78.9 Å². The van der Waals surface area contributed by atoms with Gasteiger partial charge in [0.05, 0.1) is 30.2 Å². The third-order valence-corrected chi connectivity index (χ3v) is 16.2. The number of rotatable bonds is 8. The number of aliphatic hydroxyl groups is 2. The molecule has 8 heteroatoms. The Morgan fingerprint density at radius 1 is 0.891 bits per heavy atom.